The molecule has 22 heavy (non-hydrogen) atoms. The molecule has 0 amide bonds. The molecule has 0 atom stereocenters. The van der Waals surface area contributed by atoms with Gasteiger partial charge in [0.1, 0.15) is 5.82 Å². The van der Waals surface area contributed by atoms with Crippen molar-refractivity contribution in [1.29, 1.82) is 0 Å². The molecular weight excluding hydrogens is 464 g/mol. The number of aldehydes is 1. The van der Waals surface area contributed by atoms with Crippen LogP contribution in [0.15, 0.2) is 27.6 Å². The van der Waals surface area contributed by atoms with Crippen LogP contribution in [0.2, 0.25) is 0 Å². The summed E-state index contributed by atoms with van der Waals surface area (Å²) < 4.78 is 15.9. The number of carbonyl (C=O) groups excluding carboxylic acids is 1. The standard InChI is InChI=1S/C16H14BrFINO2/c1-3-10-9(8-21)7-20(16(22)11(10)4-2)15-6-14(19)13(18)5-12(15)17/h5-8H,3-4H2,1-2H3. The molecule has 2 aromatic rings. The van der Waals surface area contributed by atoms with E-state index in [1.54, 1.807) is 6.07 Å². The first-order valence-corrected chi connectivity index (χ1v) is 8.69. The Morgan fingerprint density at radius 3 is 2.45 bits per heavy atom. The van der Waals surface area contributed by atoms with Crippen LogP contribution in [0.25, 0.3) is 5.69 Å². The highest BCUT2D eigenvalue weighted by Gasteiger charge is 2.16. The molecule has 0 aliphatic carbocycles. The molecular formula is C16H14BrFINO2. The van der Waals surface area contributed by atoms with Crippen molar-refractivity contribution in [2.45, 2.75) is 26.7 Å². The number of hydrogen-bond donors (Lipinski definition) is 0. The maximum atomic E-state index is 13.6. The van der Waals surface area contributed by atoms with Crippen molar-refractivity contribution in [3.63, 3.8) is 0 Å². The van der Waals surface area contributed by atoms with Crippen LogP contribution in [-0.2, 0) is 12.8 Å². The number of benzene rings is 1. The second-order valence-electron chi connectivity index (χ2n) is 4.76. The Morgan fingerprint density at radius 1 is 1.27 bits per heavy atom. The minimum absolute atomic E-state index is 0.173. The van der Waals surface area contributed by atoms with Crippen LogP contribution in [0.4, 0.5) is 4.39 Å². The zero-order valence-electron chi connectivity index (χ0n) is 12.1. The topological polar surface area (TPSA) is 39.1 Å². The Bertz CT molecular complexity index is 802. The summed E-state index contributed by atoms with van der Waals surface area (Å²) in [6.07, 6.45) is 3.45. The molecule has 3 nitrogen and oxygen atoms in total. The lowest BCUT2D eigenvalue weighted by molar-refractivity contribution is 0.112. The SMILES string of the molecule is CCc1c(C=O)cn(-c2cc(I)c(F)cc2Br)c(=O)c1CC. The molecule has 2 rings (SSSR count). The summed E-state index contributed by atoms with van der Waals surface area (Å²) in [4.78, 5) is 24.1. The summed E-state index contributed by atoms with van der Waals surface area (Å²) in [6, 6.07) is 2.91. The second-order valence-corrected chi connectivity index (χ2v) is 6.78. The molecule has 0 saturated heterocycles. The van der Waals surface area contributed by atoms with Crippen LogP contribution in [0, 0.1) is 9.39 Å². The Morgan fingerprint density at radius 2 is 1.91 bits per heavy atom. The van der Waals surface area contributed by atoms with E-state index in [2.05, 4.69) is 15.9 Å². The smallest absolute Gasteiger partial charge is 0.258 e. The van der Waals surface area contributed by atoms with Gasteiger partial charge in [-0.15, -0.1) is 0 Å². The van der Waals surface area contributed by atoms with E-state index in [4.69, 9.17) is 0 Å². The average molecular weight is 478 g/mol. The van der Waals surface area contributed by atoms with Gasteiger partial charge in [-0.2, -0.15) is 0 Å². The number of halogens is 3. The molecule has 0 saturated carbocycles. The van der Waals surface area contributed by atoms with Gasteiger partial charge in [0.15, 0.2) is 6.29 Å². The maximum absolute atomic E-state index is 13.6. The van der Waals surface area contributed by atoms with Gasteiger partial charge >= 0.3 is 0 Å². The van der Waals surface area contributed by atoms with Gasteiger partial charge < -0.3 is 0 Å². The predicted molar refractivity (Wildman–Crippen MR) is 96.6 cm³/mol. The van der Waals surface area contributed by atoms with Crippen LogP contribution in [0.3, 0.4) is 0 Å². The van der Waals surface area contributed by atoms with Crippen LogP contribution in [-0.4, -0.2) is 10.9 Å². The fourth-order valence-electron chi connectivity index (χ4n) is 2.48. The monoisotopic (exact) mass is 477 g/mol. The van der Waals surface area contributed by atoms with Crippen molar-refractivity contribution in [1.82, 2.24) is 4.57 Å². The van der Waals surface area contributed by atoms with Crippen LogP contribution in [0.5, 0.6) is 0 Å². The molecule has 0 aliphatic heterocycles. The third-order valence-corrected chi connectivity index (χ3v) is 5.00. The van der Waals surface area contributed by atoms with E-state index in [-0.39, 0.29) is 11.4 Å². The van der Waals surface area contributed by atoms with E-state index in [9.17, 15) is 14.0 Å². The number of hydrogen-bond acceptors (Lipinski definition) is 2. The fraction of sp³-hybridized carbons (Fsp3) is 0.250. The molecule has 1 aromatic carbocycles. The first kappa shape index (κ1) is 17.3. The van der Waals surface area contributed by atoms with E-state index in [0.29, 0.717) is 37.7 Å². The van der Waals surface area contributed by atoms with Gasteiger partial charge in [-0.05, 0) is 69.1 Å². The van der Waals surface area contributed by atoms with Crippen molar-refractivity contribution in [3.8, 4) is 5.69 Å². The highest BCUT2D eigenvalue weighted by molar-refractivity contribution is 14.1. The fourth-order valence-corrected chi connectivity index (χ4v) is 3.44. The number of rotatable bonds is 4. The summed E-state index contributed by atoms with van der Waals surface area (Å²) in [5, 5.41) is 0. The first-order valence-electron chi connectivity index (χ1n) is 6.82. The molecule has 0 N–H and O–H groups in total. The van der Waals surface area contributed by atoms with E-state index >= 15 is 0 Å². The average Bonchev–Trinajstić information content (AvgIpc) is 2.50. The number of carbonyl (C=O) groups is 1. The van der Waals surface area contributed by atoms with Gasteiger partial charge in [0.05, 0.1) is 9.26 Å². The molecule has 6 heteroatoms. The van der Waals surface area contributed by atoms with E-state index in [0.717, 1.165) is 11.8 Å². The Kier molecular flexibility index (Phi) is 5.55. The highest BCUT2D eigenvalue weighted by Crippen LogP contribution is 2.26. The Balaban J connectivity index is 2.85. The quantitative estimate of drug-likeness (QED) is 0.374. The predicted octanol–water partition coefficient (Wildman–Crippen LogP) is 4.28. The van der Waals surface area contributed by atoms with Gasteiger partial charge in [0.25, 0.3) is 5.56 Å². The summed E-state index contributed by atoms with van der Waals surface area (Å²) >= 11 is 5.16. The molecule has 0 aliphatic rings. The minimum Gasteiger partial charge on any atom is -0.298 e. The molecule has 1 heterocycles. The van der Waals surface area contributed by atoms with Crippen molar-refractivity contribution in [2.75, 3.05) is 0 Å². The zero-order valence-corrected chi connectivity index (χ0v) is 15.9. The molecule has 0 bridgehead atoms. The van der Waals surface area contributed by atoms with Crippen molar-refractivity contribution in [2.24, 2.45) is 0 Å². The highest BCUT2D eigenvalue weighted by atomic mass is 127. The number of nitrogens with zero attached hydrogens (tertiary/aromatic N) is 1. The summed E-state index contributed by atoms with van der Waals surface area (Å²) in [5.74, 6) is -0.360. The summed E-state index contributed by atoms with van der Waals surface area (Å²) in [5.41, 5.74) is 2.25. The second kappa shape index (κ2) is 7.04. The third-order valence-electron chi connectivity index (χ3n) is 3.54. The summed E-state index contributed by atoms with van der Waals surface area (Å²) in [7, 11) is 0. The van der Waals surface area contributed by atoms with Gasteiger partial charge in [-0.1, -0.05) is 13.8 Å². The lowest BCUT2D eigenvalue weighted by atomic mass is 10.00. The molecule has 0 radical (unpaired) electrons. The van der Waals surface area contributed by atoms with Crippen LogP contribution in [0.1, 0.15) is 35.3 Å². The van der Waals surface area contributed by atoms with Crippen molar-refractivity contribution < 1.29 is 9.18 Å². The molecule has 0 spiro atoms. The Labute approximate surface area is 149 Å². The van der Waals surface area contributed by atoms with Gasteiger partial charge in [-0.3, -0.25) is 14.2 Å². The van der Waals surface area contributed by atoms with E-state index in [1.807, 2.05) is 36.4 Å². The van der Waals surface area contributed by atoms with E-state index < -0.39 is 0 Å². The van der Waals surface area contributed by atoms with Crippen molar-refractivity contribution in [3.05, 3.63) is 59.2 Å². The maximum Gasteiger partial charge on any atom is 0.258 e. The molecule has 0 fully saturated rings. The largest absolute Gasteiger partial charge is 0.298 e. The molecule has 116 valence electrons. The number of aromatic nitrogens is 1. The lowest BCUT2D eigenvalue weighted by Gasteiger charge is -2.15. The van der Waals surface area contributed by atoms with Gasteiger partial charge in [0, 0.05) is 21.8 Å². The third kappa shape index (κ3) is 3.03. The Hall–Kier alpha value is -1.02. The molecule has 0 unspecified atom stereocenters. The summed E-state index contributed by atoms with van der Waals surface area (Å²) in [6.45, 7) is 3.81. The lowest BCUT2D eigenvalue weighted by Crippen LogP contribution is -2.25. The van der Waals surface area contributed by atoms with Crippen molar-refractivity contribution >= 4 is 44.8 Å². The first-order chi connectivity index (χ1) is 10.4. The minimum atomic E-state index is -0.360. The zero-order chi connectivity index (χ0) is 16.4. The van der Waals surface area contributed by atoms with E-state index in [1.165, 1.54) is 16.8 Å². The van der Waals surface area contributed by atoms with Crippen LogP contribution < -0.4 is 5.56 Å². The normalized spacial score (nSPS) is 10.8. The van der Waals surface area contributed by atoms with Crippen LogP contribution >= 0.6 is 38.5 Å². The number of pyridine rings is 1. The van der Waals surface area contributed by atoms with Gasteiger partial charge in [0.2, 0.25) is 0 Å². The molecule has 1 aromatic heterocycles. The van der Waals surface area contributed by atoms with Gasteiger partial charge in [-0.25, -0.2) is 4.39 Å².